The number of benzene rings is 1. The van der Waals surface area contributed by atoms with Crippen molar-refractivity contribution < 1.29 is 9.50 Å². The number of phenols is 1. The number of nitrogen functional groups attached to an aromatic ring is 1. The third kappa shape index (κ3) is 13.7. The van der Waals surface area contributed by atoms with Gasteiger partial charge < -0.3 is 10.8 Å². The van der Waals surface area contributed by atoms with E-state index in [1.165, 1.54) is 31.2 Å². The van der Waals surface area contributed by atoms with Crippen LogP contribution in [0.15, 0.2) is 18.2 Å². The first-order chi connectivity index (χ1) is 10.6. The van der Waals surface area contributed by atoms with Gasteiger partial charge in [-0.2, -0.15) is 0 Å². The van der Waals surface area contributed by atoms with Crippen molar-refractivity contribution in [2.24, 2.45) is 5.92 Å². The first kappa shape index (κ1) is 25.7. The number of aromatic hydroxyl groups is 1. The van der Waals surface area contributed by atoms with Gasteiger partial charge in [0.2, 0.25) is 0 Å². The second-order valence-corrected chi connectivity index (χ2v) is 4.87. The van der Waals surface area contributed by atoms with E-state index in [0.717, 1.165) is 12.3 Å². The Morgan fingerprint density at radius 2 is 1.59 bits per heavy atom. The lowest BCUT2D eigenvalue weighted by Gasteiger charge is -2.14. The van der Waals surface area contributed by atoms with Crippen LogP contribution >= 0.6 is 0 Å². The molecule has 3 heteroatoms. The molecular formula is C19H38FNO. The fraction of sp³-hybridized carbons (Fsp3) is 0.684. The zero-order chi connectivity index (χ0) is 18.0. The lowest BCUT2D eigenvalue weighted by molar-refractivity contribution is 0.460. The van der Waals surface area contributed by atoms with Gasteiger partial charge in [0.1, 0.15) is 5.75 Å². The Morgan fingerprint density at radius 1 is 1.09 bits per heavy atom. The van der Waals surface area contributed by atoms with Gasteiger partial charge in [0, 0.05) is 0 Å². The number of hydrogen-bond donors (Lipinski definition) is 2. The molecule has 0 saturated heterocycles. The van der Waals surface area contributed by atoms with Crippen LogP contribution < -0.4 is 5.73 Å². The molecule has 3 N–H and O–H groups in total. The lowest BCUT2D eigenvalue weighted by Crippen LogP contribution is -2.03. The SMILES string of the molecule is CC.CCC.CCCC(CC)Cc1ccc(O)c(N)c1.CF. The summed E-state index contributed by atoms with van der Waals surface area (Å²) in [4.78, 5) is 0. The molecule has 0 aliphatic heterocycles. The summed E-state index contributed by atoms with van der Waals surface area (Å²) in [5.41, 5.74) is 7.37. The molecule has 0 saturated carbocycles. The van der Waals surface area contributed by atoms with Crippen molar-refractivity contribution in [3.8, 4) is 5.75 Å². The lowest BCUT2D eigenvalue weighted by atomic mass is 9.92. The Labute approximate surface area is 137 Å². The second kappa shape index (κ2) is 19.8. The summed E-state index contributed by atoms with van der Waals surface area (Å²) in [6.07, 6.45) is 6.01. The molecule has 0 aliphatic carbocycles. The van der Waals surface area contributed by atoms with Gasteiger partial charge in [-0.05, 0) is 30.0 Å². The predicted octanol–water partition coefficient (Wildman–Crippen LogP) is 6.37. The van der Waals surface area contributed by atoms with E-state index in [1.54, 1.807) is 6.07 Å². The maximum atomic E-state index is 9.50. The number of anilines is 1. The van der Waals surface area contributed by atoms with Crippen molar-refractivity contribution >= 4 is 5.69 Å². The Kier molecular flexibility index (Phi) is 23.1. The smallest absolute Gasteiger partial charge is 0.138 e. The van der Waals surface area contributed by atoms with Crippen molar-refractivity contribution in [1.82, 2.24) is 0 Å². The molecule has 0 fully saturated rings. The van der Waals surface area contributed by atoms with Gasteiger partial charge in [-0.3, -0.25) is 4.39 Å². The van der Waals surface area contributed by atoms with Gasteiger partial charge in [0.25, 0.3) is 0 Å². The van der Waals surface area contributed by atoms with E-state index < -0.39 is 0 Å². The van der Waals surface area contributed by atoms with Crippen LogP contribution in [-0.2, 0) is 6.42 Å². The van der Waals surface area contributed by atoms with E-state index in [2.05, 4.69) is 27.7 Å². The van der Waals surface area contributed by atoms with E-state index in [9.17, 15) is 9.50 Å². The van der Waals surface area contributed by atoms with Crippen LogP contribution in [0.1, 0.15) is 72.8 Å². The molecule has 1 unspecified atom stereocenters. The molecule has 1 rings (SSSR count). The van der Waals surface area contributed by atoms with Crippen LogP contribution in [0, 0.1) is 5.92 Å². The Balaban J connectivity index is -0.000000446. The number of halogens is 1. The molecule has 1 atom stereocenters. The van der Waals surface area contributed by atoms with Crippen molar-refractivity contribution in [3.63, 3.8) is 0 Å². The summed E-state index contributed by atoms with van der Waals surface area (Å²) in [6, 6.07) is 5.53. The van der Waals surface area contributed by atoms with Crippen LogP contribution in [0.2, 0.25) is 0 Å². The maximum Gasteiger partial charge on any atom is 0.138 e. The van der Waals surface area contributed by atoms with E-state index in [4.69, 9.17) is 5.73 Å². The minimum atomic E-state index is 0.183. The third-order valence-corrected chi connectivity index (χ3v) is 2.89. The van der Waals surface area contributed by atoms with E-state index in [0.29, 0.717) is 12.9 Å². The molecule has 0 amide bonds. The summed E-state index contributed by atoms with van der Waals surface area (Å²) in [5.74, 6) is 0.918. The van der Waals surface area contributed by atoms with Crippen LogP contribution in [0.4, 0.5) is 10.1 Å². The molecule has 22 heavy (non-hydrogen) atoms. The van der Waals surface area contributed by atoms with Crippen LogP contribution in [-0.4, -0.2) is 12.3 Å². The number of nitrogens with two attached hydrogens (primary N) is 1. The highest BCUT2D eigenvalue weighted by molar-refractivity contribution is 5.53. The second-order valence-electron chi connectivity index (χ2n) is 4.87. The molecule has 1 aromatic rings. The first-order valence-corrected chi connectivity index (χ1v) is 8.54. The van der Waals surface area contributed by atoms with Crippen molar-refractivity contribution in [2.75, 3.05) is 12.9 Å². The topological polar surface area (TPSA) is 46.2 Å². The number of alkyl halides is 1. The highest BCUT2D eigenvalue weighted by Crippen LogP contribution is 2.24. The van der Waals surface area contributed by atoms with E-state index in [1.807, 2.05) is 26.0 Å². The summed E-state index contributed by atoms with van der Waals surface area (Å²) >= 11 is 0. The van der Waals surface area contributed by atoms with Crippen molar-refractivity contribution in [3.05, 3.63) is 23.8 Å². The standard InChI is InChI=1S/C13H21NO.C3H8.C2H6.CH3F/c1-3-5-10(4-2)8-11-6-7-13(15)12(14)9-11;1-3-2;2*1-2/h6-7,9-10,15H,3-5,8,14H2,1-2H3;3H2,1-2H3;1-2H3;1H3. The number of rotatable bonds is 5. The molecule has 0 bridgehead atoms. The molecule has 0 heterocycles. The zero-order valence-corrected chi connectivity index (χ0v) is 15.7. The van der Waals surface area contributed by atoms with Gasteiger partial charge in [0.05, 0.1) is 12.9 Å². The van der Waals surface area contributed by atoms with Gasteiger partial charge in [-0.25, -0.2) is 0 Å². The normalized spacial score (nSPS) is 10.0. The summed E-state index contributed by atoms with van der Waals surface area (Å²) in [5, 5.41) is 9.31. The van der Waals surface area contributed by atoms with Gasteiger partial charge in [-0.1, -0.05) is 73.3 Å². The molecule has 1 aromatic carbocycles. The average molecular weight is 316 g/mol. The molecule has 0 radical (unpaired) electrons. The summed E-state index contributed by atoms with van der Waals surface area (Å²) < 4.78 is 9.50. The van der Waals surface area contributed by atoms with E-state index >= 15 is 0 Å². The maximum absolute atomic E-state index is 9.50. The van der Waals surface area contributed by atoms with E-state index in [-0.39, 0.29) is 5.75 Å². The highest BCUT2D eigenvalue weighted by atomic mass is 19.1. The summed E-state index contributed by atoms with van der Waals surface area (Å²) in [6.45, 7) is 12.7. The Hall–Kier alpha value is -1.25. The van der Waals surface area contributed by atoms with Gasteiger partial charge >= 0.3 is 0 Å². The molecule has 0 aromatic heterocycles. The minimum absolute atomic E-state index is 0.183. The Morgan fingerprint density at radius 3 is 1.95 bits per heavy atom. The predicted molar refractivity (Wildman–Crippen MR) is 99.3 cm³/mol. The molecular weight excluding hydrogens is 277 g/mol. The quantitative estimate of drug-likeness (QED) is 0.489. The first-order valence-electron chi connectivity index (χ1n) is 8.54. The fourth-order valence-electron chi connectivity index (χ4n) is 1.92. The third-order valence-electron chi connectivity index (χ3n) is 2.89. The number of phenolic OH excluding ortho intramolecular Hbond substituents is 1. The number of hydrogen-bond acceptors (Lipinski definition) is 2. The van der Waals surface area contributed by atoms with Crippen molar-refractivity contribution in [1.29, 1.82) is 0 Å². The van der Waals surface area contributed by atoms with Crippen molar-refractivity contribution in [2.45, 2.75) is 73.6 Å². The monoisotopic (exact) mass is 315 g/mol. The Bertz CT molecular complexity index is 329. The summed E-state index contributed by atoms with van der Waals surface area (Å²) in [7, 11) is 0.500. The van der Waals surface area contributed by atoms with Gasteiger partial charge in [-0.15, -0.1) is 0 Å². The largest absolute Gasteiger partial charge is 0.506 e. The average Bonchev–Trinajstić information content (AvgIpc) is 2.55. The zero-order valence-electron chi connectivity index (χ0n) is 15.7. The van der Waals surface area contributed by atoms with Gasteiger partial charge in [0.15, 0.2) is 0 Å². The molecule has 0 spiro atoms. The molecule has 132 valence electrons. The fourth-order valence-corrected chi connectivity index (χ4v) is 1.92. The molecule has 2 nitrogen and oxygen atoms in total. The minimum Gasteiger partial charge on any atom is -0.506 e. The van der Waals surface area contributed by atoms with Crippen LogP contribution in [0.3, 0.4) is 0 Å². The van der Waals surface area contributed by atoms with Crippen LogP contribution in [0.5, 0.6) is 5.75 Å². The molecule has 0 aliphatic rings. The highest BCUT2D eigenvalue weighted by Gasteiger charge is 2.07. The van der Waals surface area contributed by atoms with Crippen LogP contribution in [0.25, 0.3) is 0 Å².